The van der Waals surface area contributed by atoms with Crippen molar-refractivity contribution in [3.05, 3.63) is 83.4 Å². The van der Waals surface area contributed by atoms with Crippen LogP contribution in [-0.2, 0) is 18.5 Å². The third kappa shape index (κ3) is 6.71. The van der Waals surface area contributed by atoms with Crippen LogP contribution in [0.4, 0.5) is 15.0 Å². The number of rotatable bonds is 9. The molecule has 0 bridgehead atoms. The highest BCUT2D eigenvalue weighted by molar-refractivity contribution is 6.01. The van der Waals surface area contributed by atoms with E-state index in [0.29, 0.717) is 59.9 Å². The van der Waals surface area contributed by atoms with Crippen molar-refractivity contribution < 1.29 is 28.3 Å². The smallest absolute Gasteiger partial charge is 0.407 e. The van der Waals surface area contributed by atoms with Crippen LogP contribution < -0.4 is 15.4 Å². The topological polar surface area (TPSA) is 161 Å². The van der Waals surface area contributed by atoms with Gasteiger partial charge in [0.2, 0.25) is 5.89 Å². The number of carboxylic acid groups (broad SMARTS) is 1. The van der Waals surface area contributed by atoms with Crippen LogP contribution in [0, 0.1) is 5.82 Å². The number of hydrogen-bond donors (Lipinski definition) is 3. The summed E-state index contributed by atoms with van der Waals surface area (Å²) in [4.78, 5) is 34.3. The lowest BCUT2D eigenvalue weighted by Gasteiger charge is -2.14. The fourth-order valence-electron chi connectivity index (χ4n) is 5.43. The number of hydrogen-bond acceptors (Lipinski definition) is 9. The van der Waals surface area contributed by atoms with Crippen LogP contribution in [0.15, 0.2) is 59.3 Å². The van der Waals surface area contributed by atoms with Gasteiger partial charge in [-0.15, -0.1) is 0 Å². The van der Waals surface area contributed by atoms with E-state index in [1.165, 1.54) is 11.0 Å². The molecule has 3 aromatic heterocycles. The zero-order chi connectivity index (χ0) is 33.3. The molecule has 0 radical (unpaired) electrons. The summed E-state index contributed by atoms with van der Waals surface area (Å²) in [7, 11) is 1.61. The minimum absolute atomic E-state index is 0.0789. The Morgan fingerprint density at radius 1 is 1.15 bits per heavy atom. The lowest BCUT2D eigenvalue weighted by molar-refractivity contribution is 0.0937. The number of methoxy groups -OCH3 is 1. The number of fused-ring (bicyclic) bond motifs is 1. The lowest BCUT2D eigenvalue weighted by atomic mass is 9.97. The van der Waals surface area contributed by atoms with E-state index >= 15 is 4.39 Å². The first kappa shape index (κ1) is 31.5. The second kappa shape index (κ2) is 12.7. The summed E-state index contributed by atoms with van der Waals surface area (Å²) >= 11 is 0. The standard InChI is InChI=1S/C33H35FN8O5/c1-33(2,3)31-38-28(40-47-31)30(43)36-16-21-8-7-20(15-25(21)34)24-11-13-35-29-26(24)27(37-22-12-14-41(18-22)32(44)45)39-42(29)17-19-5-9-23(46-4)10-6-19/h5-11,13,15,22H,12,14,16-18H2,1-4H3,(H,36,43)(H,37,39)(H,44,45)/t22-/m0/s1. The van der Waals surface area contributed by atoms with Crippen LogP contribution in [-0.4, -0.2) is 73.2 Å². The Balaban J connectivity index is 1.29. The van der Waals surface area contributed by atoms with Gasteiger partial charge in [0.15, 0.2) is 11.5 Å². The molecular formula is C33H35FN8O5. The second-order valence-electron chi connectivity index (χ2n) is 12.4. The molecule has 3 N–H and O–H groups in total. The molecule has 4 heterocycles. The largest absolute Gasteiger partial charge is 0.497 e. The highest BCUT2D eigenvalue weighted by Gasteiger charge is 2.28. The molecular weight excluding hydrogens is 607 g/mol. The van der Waals surface area contributed by atoms with Crippen molar-refractivity contribution in [3.63, 3.8) is 0 Å². The highest BCUT2D eigenvalue weighted by atomic mass is 19.1. The molecule has 47 heavy (non-hydrogen) atoms. The van der Waals surface area contributed by atoms with Crippen LogP contribution in [0.5, 0.6) is 5.75 Å². The number of benzene rings is 2. The summed E-state index contributed by atoms with van der Waals surface area (Å²) in [6.07, 6.45) is 1.30. The average Bonchev–Trinajstić information content (AvgIpc) is 3.81. The molecule has 2 amide bonds. The number of aromatic nitrogens is 5. The molecule has 1 aliphatic heterocycles. The zero-order valence-corrected chi connectivity index (χ0v) is 26.5. The first-order valence-electron chi connectivity index (χ1n) is 15.1. The van der Waals surface area contributed by atoms with Gasteiger partial charge in [0.25, 0.3) is 11.7 Å². The molecule has 0 aliphatic carbocycles. The van der Waals surface area contributed by atoms with Crippen molar-refractivity contribution in [2.24, 2.45) is 0 Å². The number of nitrogens with zero attached hydrogens (tertiary/aromatic N) is 6. The Hall–Kier alpha value is -5.53. The van der Waals surface area contributed by atoms with Gasteiger partial charge in [-0.3, -0.25) is 4.79 Å². The number of amides is 2. The summed E-state index contributed by atoms with van der Waals surface area (Å²) in [5, 5.41) is 24.8. The van der Waals surface area contributed by atoms with Crippen LogP contribution in [0.1, 0.15) is 54.8 Å². The number of likely N-dealkylation sites (tertiary alicyclic amines) is 1. The van der Waals surface area contributed by atoms with Gasteiger partial charge >= 0.3 is 6.09 Å². The van der Waals surface area contributed by atoms with Gasteiger partial charge in [-0.2, -0.15) is 10.1 Å². The number of anilines is 1. The SMILES string of the molecule is COc1ccc(Cn2nc(N[C@H]3CCN(C(=O)O)C3)c3c(-c4ccc(CNC(=O)c5noc(C(C)(C)C)n5)c(F)c4)ccnc32)cc1. The molecule has 0 unspecified atom stereocenters. The van der Waals surface area contributed by atoms with Crippen molar-refractivity contribution >= 4 is 28.9 Å². The van der Waals surface area contributed by atoms with E-state index in [-0.39, 0.29) is 24.0 Å². The normalized spacial score (nSPS) is 14.8. The van der Waals surface area contributed by atoms with Crippen LogP contribution >= 0.6 is 0 Å². The third-order valence-corrected chi connectivity index (χ3v) is 8.00. The van der Waals surface area contributed by atoms with Crippen LogP contribution in [0.3, 0.4) is 0 Å². The number of nitrogens with one attached hydrogen (secondary N) is 2. The Kier molecular flexibility index (Phi) is 8.50. The summed E-state index contributed by atoms with van der Waals surface area (Å²) in [6, 6.07) is 14.1. The number of pyridine rings is 1. The Morgan fingerprint density at radius 2 is 1.94 bits per heavy atom. The van der Waals surface area contributed by atoms with Gasteiger partial charge in [-0.25, -0.2) is 18.9 Å². The lowest BCUT2D eigenvalue weighted by Crippen LogP contribution is -2.30. The molecule has 1 atom stereocenters. The maximum absolute atomic E-state index is 15.5. The predicted molar refractivity (Wildman–Crippen MR) is 171 cm³/mol. The fraction of sp³-hybridized carbons (Fsp3) is 0.333. The summed E-state index contributed by atoms with van der Waals surface area (Å²) in [6.45, 7) is 6.73. The van der Waals surface area contributed by atoms with E-state index < -0.39 is 23.2 Å². The second-order valence-corrected chi connectivity index (χ2v) is 12.4. The molecule has 0 spiro atoms. The molecule has 13 nitrogen and oxygen atoms in total. The van der Waals surface area contributed by atoms with Crippen molar-refractivity contribution in [1.29, 1.82) is 0 Å². The zero-order valence-electron chi connectivity index (χ0n) is 26.5. The Labute approximate surface area is 269 Å². The van der Waals surface area contributed by atoms with E-state index in [1.807, 2.05) is 45.0 Å². The van der Waals surface area contributed by atoms with Crippen LogP contribution in [0.2, 0.25) is 0 Å². The van der Waals surface area contributed by atoms with Gasteiger partial charge in [0, 0.05) is 42.9 Å². The van der Waals surface area contributed by atoms with Gasteiger partial charge in [-0.1, -0.05) is 50.2 Å². The van der Waals surface area contributed by atoms with Gasteiger partial charge in [-0.05, 0) is 47.4 Å². The average molecular weight is 643 g/mol. The third-order valence-electron chi connectivity index (χ3n) is 8.00. The summed E-state index contributed by atoms with van der Waals surface area (Å²) < 4.78 is 27.8. The van der Waals surface area contributed by atoms with E-state index in [2.05, 4.69) is 25.8 Å². The first-order valence-corrected chi connectivity index (χ1v) is 15.1. The summed E-state index contributed by atoms with van der Waals surface area (Å²) in [5.74, 6) is 0.392. The van der Waals surface area contributed by atoms with Crippen molar-refractivity contribution in [2.75, 3.05) is 25.5 Å². The van der Waals surface area contributed by atoms with Crippen molar-refractivity contribution in [1.82, 2.24) is 35.1 Å². The van der Waals surface area contributed by atoms with Crippen molar-refractivity contribution in [3.8, 4) is 16.9 Å². The first-order chi connectivity index (χ1) is 22.5. The quantitative estimate of drug-likeness (QED) is 0.198. The molecule has 1 aliphatic rings. The maximum Gasteiger partial charge on any atom is 0.407 e. The number of carbonyl (C=O) groups excluding carboxylic acids is 1. The molecule has 2 aromatic carbocycles. The van der Waals surface area contributed by atoms with E-state index in [0.717, 1.165) is 11.3 Å². The highest BCUT2D eigenvalue weighted by Crippen LogP contribution is 2.35. The monoisotopic (exact) mass is 642 g/mol. The molecule has 5 aromatic rings. The van der Waals surface area contributed by atoms with E-state index in [9.17, 15) is 14.7 Å². The number of ether oxygens (including phenoxy) is 1. The Morgan fingerprint density at radius 3 is 2.60 bits per heavy atom. The van der Waals surface area contributed by atoms with E-state index in [1.54, 1.807) is 36.2 Å². The van der Waals surface area contributed by atoms with Gasteiger partial charge in [0.05, 0.1) is 19.0 Å². The van der Waals surface area contributed by atoms with Gasteiger partial charge in [0.1, 0.15) is 11.6 Å². The van der Waals surface area contributed by atoms with Crippen molar-refractivity contribution in [2.45, 2.75) is 51.7 Å². The fourth-order valence-corrected chi connectivity index (χ4v) is 5.43. The molecule has 0 saturated carbocycles. The number of carbonyl (C=O) groups is 2. The maximum atomic E-state index is 15.5. The predicted octanol–water partition coefficient (Wildman–Crippen LogP) is 5.07. The van der Waals surface area contributed by atoms with Crippen LogP contribution in [0.25, 0.3) is 22.2 Å². The minimum atomic E-state index is -0.967. The molecule has 14 heteroatoms. The number of halogens is 1. The molecule has 244 valence electrons. The minimum Gasteiger partial charge on any atom is -0.497 e. The molecule has 1 fully saturated rings. The molecule has 6 rings (SSSR count). The Bertz CT molecular complexity index is 1930. The summed E-state index contributed by atoms with van der Waals surface area (Å²) in [5.41, 5.74) is 2.70. The van der Waals surface area contributed by atoms with Gasteiger partial charge < -0.3 is 29.9 Å². The molecule has 1 saturated heterocycles. The van der Waals surface area contributed by atoms with E-state index in [4.69, 9.17) is 14.4 Å².